The fraction of sp³-hybridized carbons (Fsp3) is 0.357. The summed E-state index contributed by atoms with van der Waals surface area (Å²) in [5.41, 5.74) is 3.32. The van der Waals surface area contributed by atoms with E-state index < -0.39 is 0 Å². The van der Waals surface area contributed by atoms with Crippen LogP contribution in [0.5, 0.6) is 11.5 Å². The molecule has 0 unspecified atom stereocenters. The van der Waals surface area contributed by atoms with Gasteiger partial charge in [-0.2, -0.15) is 5.10 Å². The first kappa shape index (κ1) is 23.3. The molecule has 9 heteroatoms. The predicted molar refractivity (Wildman–Crippen MR) is 141 cm³/mol. The van der Waals surface area contributed by atoms with Gasteiger partial charge >= 0.3 is 0 Å². The van der Waals surface area contributed by atoms with Crippen molar-refractivity contribution in [2.45, 2.75) is 33.1 Å². The lowest BCUT2D eigenvalue weighted by Crippen LogP contribution is -2.35. The number of nitrogens with zero attached hydrogens (tertiary/aromatic N) is 6. The topological polar surface area (TPSA) is 85.6 Å². The van der Waals surface area contributed by atoms with Crippen molar-refractivity contribution in [3.8, 4) is 17.2 Å². The summed E-state index contributed by atoms with van der Waals surface area (Å²) in [5, 5.41) is 5.82. The molecule has 2 aromatic heterocycles. The Hall–Kier alpha value is -4.14. The van der Waals surface area contributed by atoms with E-state index in [4.69, 9.17) is 24.5 Å². The summed E-state index contributed by atoms with van der Waals surface area (Å²) in [7, 11) is 0. The molecule has 2 aromatic carbocycles. The maximum Gasteiger partial charge on any atom is 0.254 e. The van der Waals surface area contributed by atoms with Gasteiger partial charge in [0.15, 0.2) is 17.1 Å². The zero-order valence-electron chi connectivity index (χ0n) is 21.2. The molecule has 4 heterocycles. The number of amides is 1. The zero-order valence-corrected chi connectivity index (χ0v) is 21.2. The summed E-state index contributed by atoms with van der Waals surface area (Å²) < 4.78 is 12.8. The summed E-state index contributed by atoms with van der Waals surface area (Å²) in [6.45, 7) is 7.12. The molecule has 0 bridgehead atoms. The van der Waals surface area contributed by atoms with E-state index in [-0.39, 0.29) is 12.7 Å². The van der Waals surface area contributed by atoms with Gasteiger partial charge in [-0.1, -0.05) is 25.1 Å². The molecule has 37 heavy (non-hydrogen) atoms. The second kappa shape index (κ2) is 9.72. The van der Waals surface area contributed by atoms with Crippen molar-refractivity contribution in [2.75, 3.05) is 37.9 Å². The first-order chi connectivity index (χ1) is 18.1. The molecule has 1 saturated heterocycles. The highest BCUT2D eigenvalue weighted by Crippen LogP contribution is 2.33. The number of aromatic nitrogens is 4. The van der Waals surface area contributed by atoms with Gasteiger partial charge in [-0.3, -0.25) is 4.79 Å². The molecule has 190 valence electrons. The highest BCUT2D eigenvalue weighted by molar-refractivity contribution is 5.95. The average molecular weight is 499 g/mol. The maximum absolute atomic E-state index is 13.3. The third-order valence-electron chi connectivity index (χ3n) is 6.91. The third-order valence-corrected chi connectivity index (χ3v) is 6.91. The van der Waals surface area contributed by atoms with Crippen LogP contribution in [0.2, 0.25) is 0 Å². The van der Waals surface area contributed by atoms with E-state index in [2.05, 4.69) is 11.8 Å². The Labute approximate surface area is 215 Å². The van der Waals surface area contributed by atoms with Gasteiger partial charge in [-0.25, -0.2) is 14.6 Å². The first-order valence-corrected chi connectivity index (χ1v) is 12.9. The molecular weight excluding hydrogens is 468 g/mol. The highest BCUT2D eigenvalue weighted by atomic mass is 16.7. The number of carbonyl (C=O) groups is 1. The molecule has 2 aliphatic heterocycles. The molecule has 0 aliphatic carbocycles. The smallest absolute Gasteiger partial charge is 0.254 e. The lowest BCUT2D eigenvalue weighted by atomic mass is 10.1. The Morgan fingerprint density at radius 2 is 1.81 bits per heavy atom. The summed E-state index contributed by atoms with van der Waals surface area (Å²) in [5.74, 6) is 3.04. The van der Waals surface area contributed by atoms with E-state index in [0.29, 0.717) is 36.7 Å². The van der Waals surface area contributed by atoms with Gasteiger partial charge in [0, 0.05) is 38.2 Å². The molecule has 1 fully saturated rings. The summed E-state index contributed by atoms with van der Waals surface area (Å²) in [4.78, 5) is 27.5. The molecule has 0 atom stereocenters. The Bertz CT molecular complexity index is 1450. The van der Waals surface area contributed by atoms with Gasteiger partial charge in [-0.15, -0.1) is 0 Å². The maximum atomic E-state index is 13.3. The minimum atomic E-state index is 0.00716. The predicted octanol–water partition coefficient (Wildman–Crippen LogP) is 4.16. The van der Waals surface area contributed by atoms with Crippen molar-refractivity contribution < 1.29 is 14.3 Å². The quantitative estimate of drug-likeness (QED) is 0.408. The number of carbonyl (C=O) groups excluding carboxylic acids is 1. The normalized spacial score (nSPS) is 15.3. The Balaban J connectivity index is 1.31. The number of aryl methyl sites for hydroxylation is 2. The molecule has 0 N–H and O–H groups in total. The van der Waals surface area contributed by atoms with Crippen LogP contribution in [0.15, 0.2) is 48.5 Å². The van der Waals surface area contributed by atoms with Crippen LogP contribution in [0.1, 0.15) is 41.6 Å². The SMILES string of the molecule is CCCc1nc(N2CCCN(C(=O)c3ccc4c(c3)OCO4)CC2)c2c(C)nn(-c3ccccc3)c2n1. The zero-order chi connectivity index (χ0) is 25.4. The van der Waals surface area contributed by atoms with Crippen LogP contribution in [0.4, 0.5) is 5.82 Å². The molecule has 0 radical (unpaired) electrons. The number of hydrogen-bond acceptors (Lipinski definition) is 7. The lowest BCUT2D eigenvalue weighted by Gasteiger charge is -2.24. The number of ether oxygens (including phenoxy) is 2. The van der Waals surface area contributed by atoms with Crippen molar-refractivity contribution in [3.05, 3.63) is 65.6 Å². The minimum Gasteiger partial charge on any atom is -0.454 e. The van der Waals surface area contributed by atoms with Crippen molar-refractivity contribution in [1.82, 2.24) is 24.6 Å². The third kappa shape index (κ3) is 4.34. The van der Waals surface area contributed by atoms with Crippen LogP contribution in [-0.4, -0.2) is 63.5 Å². The summed E-state index contributed by atoms with van der Waals surface area (Å²) in [6.07, 6.45) is 2.60. The van der Waals surface area contributed by atoms with E-state index in [1.54, 1.807) is 12.1 Å². The molecule has 1 amide bonds. The molecule has 9 nitrogen and oxygen atoms in total. The molecule has 0 spiro atoms. The molecule has 2 aliphatic rings. The van der Waals surface area contributed by atoms with Crippen LogP contribution < -0.4 is 14.4 Å². The van der Waals surface area contributed by atoms with E-state index in [1.165, 1.54) is 0 Å². The van der Waals surface area contributed by atoms with Gasteiger partial charge in [-0.05, 0) is 50.1 Å². The lowest BCUT2D eigenvalue weighted by molar-refractivity contribution is 0.0766. The van der Waals surface area contributed by atoms with Gasteiger partial charge in [0.1, 0.15) is 11.6 Å². The summed E-state index contributed by atoms with van der Waals surface area (Å²) >= 11 is 0. The van der Waals surface area contributed by atoms with Gasteiger partial charge in [0.25, 0.3) is 5.91 Å². The number of fused-ring (bicyclic) bond motifs is 2. The van der Waals surface area contributed by atoms with Gasteiger partial charge in [0.2, 0.25) is 6.79 Å². The van der Waals surface area contributed by atoms with Crippen LogP contribution in [0, 0.1) is 6.92 Å². The van der Waals surface area contributed by atoms with Gasteiger partial charge in [0.05, 0.1) is 16.8 Å². The van der Waals surface area contributed by atoms with E-state index in [0.717, 1.165) is 59.9 Å². The number of benzene rings is 2. The van der Waals surface area contributed by atoms with E-state index >= 15 is 0 Å². The second-order valence-corrected chi connectivity index (χ2v) is 9.45. The van der Waals surface area contributed by atoms with Crippen molar-refractivity contribution in [1.29, 1.82) is 0 Å². The molecule has 6 rings (SSSR count). The Morgan fingerprint density at radius 1 is 0.973 bits per heavy atom. The van der Waals surface area contributed by atoms with Crippen LogP contribution in [-0.2, 0) is 6.42 Å². The fourth-order valence-electron chi connectivity index (χ4n) is 5.06. The second-order valence-electron chi connectivity index (χ2n) is 9.45. The van der Waals surface area contributed by atoms with Crippen molar-refractivity contribution >= 4 is 22.8 Å². The monoisotopic (exact) mass is 498 g/mol. The Morgan fingerprint density at radius 3 is 2.65 bits per heavy atom. The van der Waals surface area contributed by atoms with Crippen LogP contribution in [0.25, 0.3) is 16.7 Å². The van der Waals surface area contributed by atoms with Crippen LogP contribution >= 0.6 is 0 Å². The minimum absolute atomic E-state index is 0.00716. The number of anilines is 1. The highest BCUT2D eigenvalue weighted by Gasteiger charge is 2.26. The first-order valence-electron chi connectivity index (χ1n) is 12.9. The van der Waals surface area contributed by atoms with E-state index in [9.17, 15) is 4.79 Å². The fourth-order valence-corrected chi connectivity index (χ4v) is 5.06. The molecular formula is C28H30N6O3. The van der Waals surface area contributed by atoms with E-state index in [1.807, 2.05) is 52.9 Å². The van der Waals surface area contributed by atoms with Gasteiger partial charge < -0.3 is 19.3 Å². The number of para-hydroxylation sites is 1. The number of hydrogen-bond donors (Lipinski definition) is 0. The van der Waals surface area contributed by atoms with Crippen molar-refractivity contribution in [2.24, 2.45) is 0 Å². The Kier molecular flexibility index (Phi) is 6.12. The van der Waals surface area contributed by atoms with Crippen molar-refractivity contribution in [3.63, 3.8) is 0 Å². The number of rotatable bonds is 5. The molecule has 0 saturated carbocycles. The van der Waals surface area contributed by atoms with Crippen LogP contribution in [0.3, 0.4) is 0 Å². The molecule has 4 aromatic rings. The average Bonchev–Trinajstić information content (AvgIpc) is 3.44. The summed E-state index contributed by atoms with van der Waals surface area (Å²) in [6, 6.07) is 15.5. The largest absolute Gasteiger partial charge is 0.454 e. The standard InChI is InChI=1S/C28H30N6O3/c1-3-8-24-29-26(25-19(2)31-34(27(25)30-24)21-9-5-4-6-10-21)32-13-7-14-33(16-15-32)28(35)20-11-12-22-23(17-20)37-18-36-22/h4-6,9-12,17H,3,7-8,13-16,18H2,1-2H3.